The van der Waals surface area contributed by atoms with E-state index in [9.17, 15) is 4.79 Å². The number of halogens is 1. The Morgan fingerprint density at radius 1 is 1.44 bits per heavy atom. The minimum Gasteiger partial charge on any atom is -0.463 e. The molecule has 0 atom stereocenters. The van der Waals surface area contributed by atoms with Gasteiger partial charge >= 0.3 is 5.97 Å². The number of nitrogens with one attached hydrogen (secondary N) is 1. The lowest BCUT2D eigenvalue weighted by Gasteiger charge is -2.07. The van der Waals surface area contributed by atoms with E-state index in [1.165, 1.54) is 6.08 Å². The van der Waals surface area contributed by atoms with Gasteiger partial charge in [-0.15, -0.1) is 0 Å². The molecule has 4 heteroatoms. The molecule has 0 fully saturated rings. The van der Waals surface area contributed by atoms with Gasteiger partial charge in [-0.05, 0) is 24.6 Å². The molecule has 86 valence electrons. The molecule has 0 aromatic heterocycles. The zero-order valence-electron chi connectivity index (χ0n) is 9.29. The third-order valence-corrected chi connectivity index (χ3v) is 2.50. The van der Waals surface area contributed by atoms with Crippen LogP contribution in [-0.2, 0) is 9.53 Å². The summed E-state index contributed by atoms with van der Waals surface area (Å²) in [7, 11) is 1.77. The van der Waals surface area contributed by atoms with E-state index < -0.39 is 0 Å². The summed E-state index contributed by atoms with van der Waals surface area (Å²) >= 11 is 3.36. The van der Waals surface area contributed by atoms with E-state index in [2.05, 4.69) is 21.2 Å². The summed E-state index contributed by atoms with van der Waals surface area (Å²) < 4.78 is 5.86. The van der Waals surface area contributed by atoms with Crippen molar-refractivity contribution in [1.82, 2.24) is 5.32 Å². The van der Waals surface area contributed by atoms with Crippen molar-refractivity contribution in [2.45, 2.75) is 6.92 Å². The van der Waals surface area contributed by atoms with Gasteiger partial charge in [0.1, 0.15) is 0 Å². The highest BCUT2D eigenvalue weighted by Crippen LogP contribution is 2.15. The van der Waals surface area contributed by atoms with E-state index >= 15 is 0 Å². The second kappa shape index (κ2) is 6.33. The van der Waals surface area contributed by atoms with Crippen molar-refractivity contribution in [3.8, 4) is 0 Å². The summed E-state index contributed by atoms with van der Waals surface area (Å²) in [5.74, 6) is -0.338. The van der Waals surface area contributed by atoms with Gasteiger partial charge < -0.3 is 10.1 Å². The average Bonchev–Trinajstić information content (AvgIpc) is 2.27. The molecule has 0 heterocycles. The number of carbonyl (C=O) groups is 1. The molecule has 1 rings (SSSR count). The Labute approximate surface area is 104 Å². The number of carbonyl (C=O) groups excluding carboxylic acids is 1. The first-order chi connectivity index (χ1) is 7.67. The van der Waals surface area contributed by atoms with Crippen LogP contribution >= 0.6 is 15.9 Å². The Morgan fingerprint density at radius 3 is 2.56 bits per heavy atom. The van der Waals surface area contributed by atoms with Crippen molar-refractivity contribution in [3.05, 3.63) is 40.4 Å². The van der Waals surface area contributed by atoms with Crippen molar-refractivity contribution in [2.75, 3.05) is 13.7 Å². The summed E-state index contributed by atoms with van der Waals surface area (Å²) in [6.45, 7) is 2.16. The molecule has 0 amide bonds. The van der Waals surface area contributed by atoms with E-state index in [1.807, 2.05) is 24.3 Å². The fourth-order valence-electron chi connectivity index (χ4n) is 1.23. The SMILES string of the molecule is CCOC(=O)/C=C(\NC)c1ccc(Br)cc1. The smallest absolute Gasteiger partial charge is 0.332 e. The first-order valence-corrected chi connectivity index (χ1v) is 5.78. The highest BCUT2D eigenvalue weighted by molar-refractivity contribution is 9.10. The van der Waals surface area contributed by atoms with E-state index in [1.54, 1.807) is 14.0 Å². The normalized spacial score (nSPS) is 11.1. The first-order valence-electron chi connectivity index (χ1n) is 4.99. The quantitative estimate of drug-likeness (QED) is 0.682. The lowest BCUT2D eigenvalue weighted by Crippen LogP contribution is -2.09. The molecular formula is C12H14BrNO2. The van der Waals surface area contributed by atoms with Crippen LogP contribution in [0.15, 0.2) is 34.8 Å². The monoisotopic (exact) mass is 283 g/mol. The van der Waals surface area contributed by atoms with Gasteiger partial charge in [0, 0.05) is 23.3 Å². The van der Waals surface area contributed by atoms with Crippen LogP contribution in [0.5, 0.6) is 0 Å². The third-order valence-electron chi connectivity index (χ3n) is 1.97. The number of hydrogen-bond acceptors (Lipinski definition) is 3. The second-order valence-corrected chi connectivity index (χ2v) is 3.98. The van der Waals surface area contributed by atoms with Crippen LogP contribution < -0.4 is 5.32 Å². The van der Waals surface area contributed by atoms with E-state index in [0.717, 1.165) is 15.7 Å². The van der Waals surface area contributed by atoms with Gasteiger partial charge in [-0.25, -0.2) is 4.79 Å². The van der Waals surface area contributed by atoms with Crippen molar-refractivity contribution in [2.24, 2.45) is 0 Å². The standard InChI is InChI=1S/C12H14BrNO2/c1-3-16-12(15)8-11(14-2)9-4-6-10(13)7-5-9/h4-8,14H,3H2,1-2H3/b11-8-. The molecule has 0 saturated carbocycles. The van der Waals surface area contributed by atoms with Crippen LogP contribution in [0.2, 0.25) is 0 Å². The number of esters is 1. The van der Waals surface area contributed by atoms with Gasteiger partial charge in [0.05, 0.1) is 6.61 Å². The van der Waals surface area contributed by atoms with Gasteiger partial charge in [-0.1, -0.05) is 28.1 Å². The minimum absolute atomic E-state index is 0.338. The lowest BCUT2D eigenvalue weighted by molar-refractivity contribution is -0.137. The van der Waals surface area contributed by atoms with Crippen molar-refractivity contribution < 1.29 is 9.53 Å². The highest BCUT2D eigenvalue weighted by Gasteiger charge is 2.03. The highest BCUT2D eigenvalue weighted by atomic mass is 79.9. The zero-order valence-corrected chi connectivity index (χ0v) is 10.9. The van der Waals surface area contributed by atoms with E-state index in [0.29, 0.717) is 6.61 Å². The Hall–Kier alpha value is -1.29. The summed E-state index contributed by atoms with van der Waals surface area (Å²) in [6, 6.07) is 7.69. The maximum absolute atomic E-state index is 11.3. The van der Waals surface area contributed by atoms with Crippen molar-refractivity contribution in [3.63, 3.8) is 0 Å². The molecule has 0 saturated heterocycles. The lowest BCUT2D eigenvalue weighted by atomic mass is 10.1. The fraction of sp³-hybridized carbons (Fsp3) is 0.250. The Morgan fingerprint density at radius 2 is 2.06 bits per heavy atom. The average molecular weight is 284 g/mol. The molecule has 0 bridgehead atoms. The molecule has 1 N–H and O–H groups in total. The Bertz CT molecular complexity index is 385. The summed E-state index contributed by atoms with van der Waals surface area (Å²) in [5.41, 5.74) is 1.68. The topological polar surface area (TPSA) is 38.3 Å². The van der Waals surface area contributed by atoms with Crippen LogP contribution in [0.1, 0.15) is 12.5 Å². The van der Waals surface area contributed by atoms with Crippen molar-refractivity contribution in [1.29, 1.82) is 0 Å². The molecule has 1 aromatic carbocycles. The predicted octanol–water partition coefficient (Wildman–Crippen LogP) is 2.57. The first kappa shape index (κ1) is 12.8. The molecule has 0 spiro atoms. The Kier molecular flexibility index (Phi) is 5.05. The summed E-state index contributed by atoms with van der Waals surface area (Å²) in [4.78, 5) is 11.3. The number of benzene rings is 1. The summed E-state index contributed by atoms with van der Waals surface area (Å²) in [6.07, 6.45) is 1.45. The minimum atomic E-state index is -0.338. The summed E-state index contributed by atoms with van der Waals surface area (Å²) in [5, 5.41) is 2.97. The molecule has 1 aromatic rings. The maximum Gasteiger partial charge on any atom is 0.332 e. The van der Waals surface area contributed by atoms with E-state index in [-0.39, 0.29) is 5.97 Å². The van der Waals surface area contributed by atoms with Crippen LogP contribution in [0.3, 0.4) is 0 Å². The van der Waals surface area contributed by atoms with E-state index in [4.69, 9.17) is 4.74 Å². The van der Waals surface area contributed by atoms with Crippen LogP contribution in [-0.4, -0.2) is 19.6 Å². The number of rotatable bonds is 4. The second-order valence-electron chi connectivity index (χ2n) is 3.07. The predicted molar refractivity (Wildman–Crippen MR) is 67.8 cm³/mol. The van der Waals surface area contributed by atoms with Gasteiger partial charge in [0.25, 0.3) is 0 Å². The molecule has 3 nitrogen and oxygen atoms in total. The van der Waals surface area contributed by atoms with Crippen LogP contribution in [0.4, 0.5) is 0 Å². The molecule has 0 aliphatic rings. The molecule has 0 aliphatic heterocycles. The van der Waals surface area contributed by atoms with Crippen molar-refractivity contribution >= 4 is 27.6 Å². The Balaban J connectivity index is 2.89. The maximum atomic E-state index is 11.3. The number of ether oxygens (including phenoxy) is 1. The van der Waals surface area contributed by atoms with Gasteiger partial charge in [0.2, 0.25) is 0 Å². The van der Waals surface area contributed by atoms with Gasteiger partial charge in [0.15, 0.2) is 0 Å². The molecule has 0 unspecified atom stereocenters. The molecule has 16 heavy (non-hydrogen) atoms. The number of hydrogen-bond donors (Lipinski definition) is 1. The largest absolute Gasteiger partial charge is 0.463 e. The van der Waals surface area contributed by atoms with Crippen LogP contribution in [0.25, 0.3) is 5.70 Å². The van der Waals surface area contributed by atoms with Gasteiger partial charge in [-0.2, -0.15) is 0 Å². The molecule has 0 radical (unpaired) electrons. The molecule has 0 aliphatic carbocycles. The van der Waals surface area contributed by atoms with Crippen LogP contribution in [0, 0.1) is 0 Å². The fourth-order valence-corrected chi connectivity index (χ4v) is 1.50. The molecular weight excluding hydrogens is 270 g/mol. The third kappa shape index (κ3) is 3.70. The van der Waals surface area contributed by atoms with Gasteiger partial charge in [-0.3, -0.25) is 0 Å². The zero-order chi connectivity index (χ0) is 12.0.